The van der Waals surface area contributed by atoms with Gasteiger partial charge in [0.2, 0.25) is 5.75 Å². The Morgan fingerprint density at radius 2 is 1.33 bits per heavy atom. The third-order valence-corrected chi connectivity index (χ3v) is 3.33. The van der Waals surface area contributed by atoms with Gasteiger partial charge in [0.15, 0.2) is 11.5 Å². The molecule has 1 aromatic carbocycles. The SMILES string of the molecule is COc1cc(C(C)[N+](C)(C)C)cc(OC)c1OC. The highest BCUT2D eigenvalue weighted by Crippen LogP contribution is 2.40. The average Bonchev–Trinajstić information content (AvgIpc) is 2.34. The fourth-order valence-electron chi connectivity index (χ4n) is 1.79. The van der Waals surface area contributed by atoms with Gasteiger partial charge in [-0.15, -0.1) is 0 Å². The first-order chi connectivity index (χ1) is 8.35. The summed E-state index contributed by atoms with van der Waals surface area (Å²) in [6, 6.07) is 4.35. The summed E-state index contributed by atoms with van der Waals surface area (Å²) in [5.74, 6) is 2.04. The summed E-state index contributed by atoms with van der Waals surface area (Å²) in [5.41, 5.74) is 1.16. The molecule has 0 spiro atoms. The van der Waals surface area contributed by atoms with Crippen LogP contribution in [0.25, 0.3) is 0 Å². The van der Waals surface area contributed by atoms with Crippen molar-refractivity contribution in [2.24, 2.45) is 0 Å². The molecule has 0 fully saturated rings. The summed E-state index contributed by atoms with van der Waals surface area (Å²) < 4.78 is 16.9. The van der Waals surface area contributed by atoms with E-state index in [2.05, 4.69) is 28.1 Å². The standard InChI is InChI=1S/C14H24NO3/c1-10(15(2,3)4)11-8-12(16-5)14(18-7)13(9-11)17-6/h8-10H,1-7H3/q+1. The largest absolute Gasteiger partial charge is 0.493 e. The first-order valence-corrected chi connectivity index (χ1v) is 5.96. The third kappa shape index (κ3) is 2.88. The summed E-state index contributed by atoms with van der Waals surface area (Å²) >= 11 is 0. The van der Waals surface area contributed by atoms with Crippen LogP contribution in [-0.2, 0) is 0 Å². The van der Waals surface area contributed by atoms with Crippen molar-refractivity contribution in [1.82, 2.24) is 0 Å². The molecule has 102 valence electrons. The van der Waals surface area contributed by atoms with Crippen molar-refractivity contribution in [3.8, 4) is 17.2 Å². The van der Waals surface area contributed by atoms with Crippen molar-refractivity contribution in [3.63, 3.8) is 0 Å². The fourth-order valence-corrected chi connectivity index (χ4v) is 1.79. The van der Waals surface area contributed by atoms with E-state index in [9.17, 15) is 0 Å². The third-order valence-electron chi connectivity index (χ3n) is 3.33. The normalized spacial score (nSPS) is 13.1. The Morgan fingerprint density at radius 1 is 0.889 bits per heavy atom. The molecule has 0 aliphatic rings. The van der Waals surface area contributed by atoms with Crippen molar-refractivity contribution in [2.45, 2.75) is 13.0 Å². The number of benzene rings is 1. The lowest BCUT2D eigenvalue weighted by atomic mass is 10.0. The van der Waals surface area contributed by atoms with Crippen LogP contribution in [0.1, 0.15) is 18.5 Å². The Balaban J connectivity index is 3.32. The van der Waals surface area contributed by atoms with Crippen molar-refractivity contribution in [2.75, 3.05) is 42.5 Å². The molecule has 0 aliphatic carbocycles. The molecule has 0 amide bonds. The van der Waals surface area contributed by atoms with Crippen LogP contribution in [0.15, 0.2) is 12.1 Å². The molecule has 1 aromatic rings. The topological polar surface area (TPSA) is 27.7 Å². The fraction of sp³-hybridized carbons (Fsp3) is 0.571. The average molecular weight is 254 g/mol. The number of quaternary nitrogens is 1. The molecule has 0 bridgehead atoms. The zero-order chi connectivity index (χ0) is 13.9. The Kier molecular flexibility index (Phi) is 4.46. The van der Waals surface area contributed by atoms with Gasteiger partial charge in [0.1, 0.15) is 6.04 Å². The number of hydrogen-bond acceptors (Lipinski definition) is 3. The maximum absolute atomic E-state index is 5.37. The second-order valence-electron chi connectivity index (χ2n) is 5.25. The van der Waals surface area contributed by atoms with Gasteiger partial charge in [0.25, 0.3) is 0 Å². The van der Waals surface area contributed by atoms with E-state index < -0.39 is 0 Å². The highest BCUT2D eigenvalue weighted by Gasteiger charge is 2.24. The monoisotopic (exact) mass is 254 g/mol. The van der Waals surface area contributed by atoms with Crippen LogP contribution >= 0.6 is 0 Å². The predicted octanol–water partition coefficient (Wildman–Crippen LogP) is 2.48. The lowest BCUT2D eigenvalue weighted by Crippen LogP contribution is -2.37. The van der Waals surface area contributed by atoms with E-state index in [0.717, 1.165) is 10.0 Å². The van der Waals surface area contributed by atoms with E-state index in [-0.39, 0.29) is 0 Å². The van der Waals surface area contributed by atoms with Gasteiger partial charge in [0.05, 0.1) is 42.5 Å². The number of methoxy groups -OCH3 is 3. The minimum atomic E-state index is 0.332. The molecule has 1 rings (SSSR count). The number of nitrogens with zero attached hydrogens (tertiary/aromatic N) is 1. The summed E-state index contributed by atoms with van der Waals surface area (Å²) in [7, 11) is 11.4. The zero-order valence-corrected chi connectivity index (χ0v) is 12.4. The van der Waals surface area contributed by atoms with Crippen molar-refractivity contribution in [3.05, 3.63) is 17.7 Å². The van der Waals surface area contributed by atoms with Crippen LogP contribution in [0.4, 0.5) is 0 Å². The highest BCUT2D eigenvalue weighted by atomic mass is 16.5. The Bertz CT molecular complexity index is 385. The van der Waals surface area contributed by atoms with Crippen LogP contribution in [0.5, 0.6) is 17.2 Å². The molecule has 1 atom stereocenters. The second-order valence-corrected chi connectivity index (χ2v) is 5.25. The minimum absolute atomic E-state index is 0.332. The van der Waals surface area contributed by atoms with E-state index in [1.165, 1.54) is 0 Å². The molecule has 4 nitrogen and oxygen atoms in total. The lowest BCUT2D eigenvalue weighted by molar-refractivity contribution is -0.900. The molecule has 0 aromatic heterocycles. The number of rotatable bonds is 5. The van der Waals surface area contributed by atoms with Gasteiger partial charge in [-0.25, -0.2) is 0 Å². The van der Waals surface area contributed by atoms with Crippen molar-refractivity contribution < 1.29 is 18.7 Å². The maximum atomic E-state index is 5.37. The summed E-state index contributed by atoms with van der Waals surface area (Å²) in [5, 5.41) is 0. The molecule has 0 saturated heterocycles. The Hall–Kier alpha value is -1.42. The van der Waals surface area contributed by atoms with Crippen molar-refractivity contribution in [1.29, 1.82) is 0 Å². The highest BCUT2D eigenvalue weighted by molar-refractivity contribution is 5.54. The quantitative estimate of drug-likeness (QED) is 0.756. The first kappa shape index (κ1) is 14.6. The molecule has 4 heteroatoms. The Morgan fingerprint density at radius 3 is 1.61 bits per heavy atom. The molecule has 0 saturated carbocycles. The van der Waals surface area contributed by atoms with Gasteiger partial charge < -0.3 is 18.7 Å². The van der Waals surface area contributed by atoms with Crippen LogP contribution < -0.4 is 14.2 Å². The number of hydrogen-bond donors (Lipinski definition) is 0. The first-order valence-electron chi connectivity index (χ1n) is 5.96. The van der Waals surface area contributed by atoms with Crippen LogP contribution in [0.2, 0.25) is 0 Å². The maximum Gasteiger partial charge on any atom is 0.203 e. The van der Waals surface area contributed by atoms with Gasteiger partial charge in [-0.3, -0.25) is 0 Å². The van der Waals surface area contributed by atoms with Crippen LogP contribution in [0, 0.1) is 0 Å². The van der Waals surface area contributed by atoms with Gasteiger partial charge in [-0.2, -0.15) is 0 Å². The summed E-state index contributed by atoms with van der Waals surface area (Å²) in [4.78, 5) is 0. The molecule has 0 radical (unpaired) electrons. The van der Waals surface area contributed by atoms with Crippen molar-refractivity contribution >= 4 is 0 Å². The molecule has 0 N–H and O–H groups in total. The van der Waals surface area contributed by atoms with E-state index >= 15 is 0 Å². The van der Waals surface area contributed by atoms with Gasteiger partial charge >= 0.3 is 0 Å². The molecule has 1 unspecified atom stereocenters. The number of ether oxygens (including phenoxy) is 3. The van der Waals surface area contributed by atoms with Crippen LogP contribution in [0.3, 0.4) is 0 Å². The van der Waals surface area contributed by atoms with Crippen LogP contribution in [-0.4, -0.2) is 47.0 Å². The molecule has 0 aliphatic heterocycles. The Labute approximate surface area is 110 Å². The van der Waals surface area contributed by atoms with E-state index in [1.54, 1.807) is 21.3 Å². The smallest absolute Gasteiger partial charge is 0.203 e. The van der Waals surface area contributed by atoms with E-state index in [0.29, 0.717) is 23.3 Å². The predicted molar refractivity (Wildman–Crippen MR) is 72.5 cm³/mol. The van der Waals surface area contributed by atoms with E-state index in [1.807, 2.05) is 12.1 Å². The summed E-state index contributed by atoms with van der Waals surface area (Å²) in [6.45, 7) is 2.18. The molecule has 0 heterocycles. The minimum Gasteiger partial charge on any atom is -0.493 e. The lowest BCUT2D eigenvalue weighted by Gasteiger charge is -2.32. The molecular formula is C14H24NO3+. The van der Waals surface area contributed by atoms with E-state index in [4.69, 9.17) is 14.2 Å². The summed E-state index contributed by atoms with van der Waals surface area (Å²) in [6.07, 6.45) is 0. The zero-order valence-electron chi connectivity index (χ0n) is 12.4. The van der Waals surface area contributed by atoms with Gasteiger partial charge in [-0.1, -0.05) is 0 Å². The molecular weight excluding hydrogens is 230 g/mol. The van der Waals surface area contributed by atoms with Gasteiger partial charge in [0, 0.05) is 5.56 Å². The second kappa shape index (κ2) is 5.48. The van der Waals surface area contributed by atoms with Gasteiger partial charge in [-0.05, 0) is 19.1 Å². The molecule has 18 heavy (non-hydrogen) atoms.